The molecule has 2 heterocycles. The van der Waals surface area contributed by atoms with Crippen LogP contribution in [-0.2, 0) is 23.8 Å². The minimum absolute atomic E-state index is 0. The van der Waals surface area contributed by atoms with Gasteiger partial charge in [-0.3, -0.25) is 9.59 Å². The molecule has 0 saturated heterocycles. The number of halogens is 4. The molecule has 2 aromatic heterocycles. The molecule has 384 valence electrons. The number of aromatic nitrogens is 2. The first-order valence-corrected chi connectivity index (χ1v) is 20.5. The van der Waals surface area contributed by atoms with E-state index in [1.165, 1.54) is 54.8 Å². The molecule has 0 bridgehead atoms. The third-order valence-electron chi connectivity index (χ3n) is 8.27. The second-order valence-corrected chi connectivity index (χ2v) is 13.6. The number of fused-ring (bicyclic) bond motifs is 2. The molecule has 0 aliphatic heterocycles. The maximum Gasteiger partial charge on any atom is 1.00 e. The van der Waals surface area contributed by atoms with E-state index in [4.69, 9.17) is 92.4 Å². The van der Waals surface area contributed by atoms with Crippen molar-refractivity contribution in [1.29, 1.82) is 5.53 Å². The van der Waals surface area contributed by atoms with Gasteiger partial charge in [-0.05, 0) is 71.8 Å². The quantitative estimate of drug-likeness (QED) is 0.0155. The summed E-state index contributed by atoms with van der Waals surface area (Å²) in [5.41, 5.74) is 24.9. The number of esters is 3. The van der Waals surface area contributed by atoms with E-state index in [2.05, 4.69) is 39.7 Å². The topological polar surface area (TPSA) is 379 Å². The van der Waals surface area contributed by atoms with E-state index in [0.29, 0.717) is 77.1 Å². The SMILES string of the molecule is COC(=O)/C(=C/c1cccc(OC)c1Cl)N=[N+]=[N-].COC(=O)CN.COC(=O)c1cc2c(Cl)c(OC)ccc2[nH]1.COc1ccc2[nH]c(C(=O)O)cc2c1Cl.COc1cccc(C=O)c1Cl.C[O-].N=[NH2+].[Li+].[Na+].[OH-]. The van der Waals surface area contributed by atoms with E-state index in [1.807, 2.05) is 0 Å². The van der Waals surface area contributed by atoms with Gasteiger partial charge in [0.05, 0.1) is 76.4 Å². The number of nitrogens with zero attached hydrogens (tertiary/aromatic N) is 3. The standard InChI is InChI=1S/C11H10ClN3O3.C11H10ClNO3.C10H8ClNO3.C8H7ClO2.C3H7NO2.CH3O.Li.H2N2.Na.H2O/c1-17-9-5-3-4-7(10(9)12)6-8(14-15-13)11(16)18-2;1-15-9-4-3-7-6(10(9)12)5-8(13-7)11(14)16-2;1-15-8-3-2-6-5(9(8)11)4-7(12-6)10(13)14;1-11-7-4-2-3-6(5-10)8(7)9;1-6-3(5)2-4;1-2;;1-2;;/h3-6H,1-2H3;3-5,13H,1-2H3;2-4,12H,1H3,(H,13,14);2-5H,1H3;2,4H2,1H3;1H3;;1-2H;;1H2/q;;;;;-1;+1;;+1;/b8-6-;;;;;;;;;. The summed E-state index contributed by atoms with van der Waals surface area (Å²) >= 11 is 23.9. The number of methoxy groups -OCH3 is 7. The first-order chi connectivity index (χ1) is 33.5. The van der Waals surface area contributed by atoms with Crippen molar-refractivity contribution in [3.8, 4) is 23.0 Å². The second-order valence-electron chi connectivity index (χ2n) is 12.1. The number of carbonyl (C=O) groups excluding carboxylic acids is 4. The Labute approximate surface area is 472 Å². The Bertz CT molecular complexity index is 2770. The molecule has 6 aromatic rings. The largest absolute Gasteiger partial charge is 1.00 e. The Kier molecular flexibility index (Phi) is 40.8. The zero-order chi connectivity index (χ0) is 53.5. The van der Waals surface area contributed by atoms with Crippen LogP contribution < -0.4 is 83.7 Å². The predicted molar refractivity (Wildman–Crippen MR) is 262 cm³/mol. The number of H-pyrrole nitrogens is 2. The van der Waals surface area contributed by atoms with E-state index in [1.54, 1.807) is 73.8 Å². The number of carboxylic acid groups (broad SMARTS) is 1. The number of nitrogens with two attached hydrogens (primary N) is 2. The van der Waals surface area contributed by atoms with Crippen LogP contribution in [0.2, 0.25) is 20.1 Å². The van der Waals surface area contributed by atoms with Crippen LogP contribution in [0.25, 0.3) is 38.3 Å². The molecule has 0 unspecified atom stereocenters. The zero-order valence-electron chi connectivity index (χ0n) is 41.0. The van der Waals surface area contributed by atoms with Crippen molar-refractivity contribution in [2.45, 2.75) is 0 Å². The Morgan fingerprint density at radius 2 is 1.12 bits per heavy atom. The smallest absolute Gasteiger partial charge is 0.870 e. The van der Waals surface area contributed by atoms with Gasteiger partial charge < -0.3 is 64.5 Å². The van der Waals surface area contributed by atoms with Crippen LogP contribution in [0.4, 0.5) is 0 Å². The van der Waals surface area contributed by atoms with Crippen LogP contribution in [0, 0.1) is 5.53 Å². The maximum atomic E-state index is 11.3. The number of nitrogens with one attached hydrogen (secondary N) is 3. The molecule has 0 fully saturated rings. The predicted octanol–water partition coefficient (Wildman–Crippen LogP) is 1.18. The zero-order valence-corrected chi connectivity index (χ0v) is 46.0. The Balaban J connectivity index is -0.000000408. The number of aromatic carboxylic acids is 1. The fourth-order valence-electron chi connectivity index (χ4n) is 5.03. The average molecular weight is 1100 g/mol. The summed E-state index contributed by atoms with van der Waals surface area (Å²) in [6, 6.07) is 20.2. The average Bonchev–Trinajstić information content (AvgIpc) is 4.05. The van der Waals surface area contributed by atoms with E-state index >= 15 is 0 Å². The number of aromatic amines is 2. The molecule has 0 aliphatic carbocycles. The summed E-state index contributed by atoms with van der Waals surface area (Å²) in [5.74, 6) is -0.481. The van der Waals surface area contributed by atoms with Crippen LogP contribution in [0.5, 0.6) is 23.0 Å². The molecule has 9 N–H and O–H groups in total. The number of benzene rings is 4. The van der Waals surface area contributed by atoms with Crippen LogP contribution in [0.15, 0.2) is 83.6 Å². The summed E-state index contributed by atoms with van der Waals surface area (Å²) in [6.45, 7) is -0.0312. The number of azide groups is 1. The number of ether oxygens (including phenoxy) is 7. The molecule has 0 amide bonds. The van der Waals surface area contributed by atoms with E-state index in [9.17, 15) is 24.0 Å². The van der Waals surface area contributed by atoms with Gasteiger partial charge in [-0.15, -0.1) is 0 Å². The van der Waals surface area contributed by atoms with Crippen molar-refractivity contribution in [2.75, 3.05) is 63.4 Å². The summed E-state index contributed by atoms with van der Waals surface area (Å²) in [6.07, 6.45) is 2.03. The number of carbonyl (C=O) groups is 5. The minimum Gasteiger partial charge on any atom is -0.870 e. The van der Waals surface area contributed by atoms with Crippen molar-refractivity contribution in [2.24, 2.45) is 10.8 Å². The van der Waals surface area contributed by atoms with Gasteiger partial charge in [-0.1, -0.05) is 75.2 Å². The molecule has 23 nitrogen and oxygen atoms in total. The first-order valence-electron chi connectivity index (χ1n) is 19.0. The van der Waals surface area contributed by atoms with E-state index < -0.39 is 17.9 Å². The van der Waals surface area contributed by atoms with Gasteiger partial charge in [0, 0.05) is 32.3 Å². The number of carboxylic acids is 1. The molecule has 29 heteroatoms. The number of rotatable bonds is 11. The van der Waals surface area contributed by atoms with Crippen molar-refractivity contribution >= 4 is 104 Å². The number of hydrogen-bond donors (Lipinski definition) is 6. The third kappa shape index (κ3) is 22.8. The molecular weight excluding hydrogens is 1050 g/mol. The summed E-state index contributed by atoms with van der Waals surface area (Å²) < 4.78 is 33.3. The van der Waals surface area contributed by atoms with Crippen LogP contribution in [0.3, 0.4) is 0 Å². The van der Waals surface area contributed by atoms with Crippen molar-refractivity contribution < 1.29 is 127 Å². The molecule has 0 radical (unpaired) electrons. The third-order valence-corrected chi connectivity index (χ3v) is 9.86. The van der Waals surface area contributed by atoms with Crippen molar-refractivity contribution in [1.82, 2.24) is 9.97 Å². The van der Waals surface area contributed by atoms with Crippen LogP contribution in [0.1, 0.15) is 36.9 Å². The van der Waals surface area contributed by atoms with Crippen LogP contribution in [-0.4, -0.2) is 114 Å². The number of hydrogen-bond acceptors (Lipinski definition) is 17. The Morgan fingerprint density at radius 3 is 1.48 bits per heavy atom. The molecule has 0 saturated carbocycles. The molecule has 73 heavy (non-hydrogen) atoms. The van der Waals surface area contributed by atoms with Crippen molar-refractivity contribution in [3.05, 3.63) is 132 Å². The van der Waals surface area contributed by atoms with Gasteiger partial charge in [-0.2, -0.15) is 12.6 Å². The molecule has 0 aliphatic rings. The van der Waals surface area contributed by atoms with Gasteiger partial charge in [0.15, 0.2) is 6.29 Å². The molecular formula is C44H49Cl4LiN8NaO15+. The summed E-state index contributed by atoms with van der Waals surface area (Å²) in [5, 5.41) is 23.3. The molecule has 6 rings (SSSR count). The Hall–Kier alpha value is -6.00. The van der Waals surface area contributed by atoms with Gasteiger partial charge in [0.1, 0.15) is 40.1 Å². The summed E-state index contributed by atoms with van der Waals surface area (Å²) in [7, 11) is 10.6. The van der Waals surface area contributed by atoms with Gasteiger partial charge in [0.2, 0.25) is 0 Å². The number of aldehydes is 1. The van der Waals surface area contributed by atoms with Crippen molar-refractivity contribution in [3.63, 3.8) is 0 Å². The Morgan fingerprint density at radius 1 is 0.712 bits per heavy atom. The monoisotopic (exact) mass is 1100 g/mol. The van der Waals surface area contributed by atoms with E-state index in [0.717, 1.165) is 18.0 Å². The molecule has 0 spiro atoms. The fraction of sp³-hybridized carbons (Fsp3) is 0.205. The van der Waals surface area contributed by atoms with Crippen LogP contribution >= 0.6 is 46.4 Å². The van der Waals surface area contributed by atoms with E-state index in [-0.39, 0.29) is 77.8 Å². The summed E-state index contributed by atoms with van der Waals surface area (Å²) in [4.78, 5) is 61.8. The maximum absolute atomic E-state index is 11.3. The minimum atomic E-state index is -1.01. The molecule has 0 atom stereocenters. The molecule has 4 aromatic carbocycles. The van der Waals surface area contributed by atoms with Gasteiger partial charge in [0.25, 0.3) is 0 Å². The normalized spacial score (nSPS) is 9.21. The van der Waals surface area contributed by atoms with Gasteiger partial charge >= 0.3 is 72.3 Å². The fourth-order valence-corrected chi connectivity index (χ4v) is 6.13. The second kappa shape index (κ2) is 40.5. The van der Waals surface area contributed by atoms with Gasteiger partial charge in [-0.25, -0.2) is 14.4 Å². The first kappa shape index (κ1) is 73.5.